The first-order chi connectivity index (χ1) is 12.7. The Balaban J connectivity index is 1.60. The van der Waals surface area contributed by atoms with Gasteiger partial charge in [-0.05, 0) is 17.2 Å². The number of amides is 1. The number of ether oxygens (including phenoxy) is 1. The van der Waals surface area contributed by atoms with Crippen LogP contribution in [0.2, 0.25) is 0 Å². The van der Waals surface area contributed by atoms with Crippen molar-refractivity contribution in [2.24, 2.45) is 5.16 Å². The number of rotatable bonds is 3. The van der Waals surface area contributed by atoms with Crippen LogP contribution in [0.4, 0.5) is 0 Å². The summed E-state index contributed by atoms with van der Waals surface area (Å²) in [5.74, 6) is 0.501. The first kappa shape index (κ1) is 16.4. The van der Waals surface area contributed by atoms with Crippen LogP contribution in [0, 0.1) is 0 Å². The van der Waals surface area contributed by atoms with Gasteiger partial charge in [0.05, 0.1) is 6.42 Å². The lowest BCUT2D eigenvalue weighted by molar-refractivity contribution is -0.138. The summed E-state index contributed by atoms with van der Waals surface area (Å²) in [6, 6.07) is 19.6. The lowest BCUT2D eigenvalue weighted by Gasteiger charge is -2.41. The van der Waals surface area contributed by atoms with Crippen molar-refractivity contribution in [3.8, 4) is 0 Å². The van der Waals surface area contributed by atoms with E-state index in [0.29, 0.717) is 12.3 Å². The fourth-order valence-corrected chi connectivity index (χ4v) is 3.39. The molecule has 0 aromatic heterocycles. The van der Waals surface area contributed by atoms with Gasteiger partial charge in [-0.2, -0.15) is 0 Å². The SMILES string of the molecule is CC(=O)N1C=CC2OC(Cc3ccccc3)=NO[C@H]2[C@@H]1c1ccccc1. The molecule has 1 amide bonds. The molecule has 1 unspecified atom stereocenters. The molecule has 132 valence electrons. The van der Waals surface area contributed by atoms with E-state index >= 15 is 0 Å². The Morgan fingerprint density at radius 2 is 1.77 bits per heavy atom. The molecule has 0 spiro atoms. The second-order valence-corrected chi connectivity index (χ2v) is 6.42. The summed E-state index contributed by atoms with van der Waals surface area (Å²) in [5.41, 5.74) is 2.10. The maximum Gasteiger partial charge on any atom is 0.230 e. The Bertz CT molecular complexity index is 833. The molecule has 0 radical (unpaired) electrons. The number of oxime groups is 1. The third-order valence-corrected chi connectivity index (χ3v) is 4.62. The standard InChI is InChI=1S/C21H20N2O3/c1-15(24)23-13-12-18-21(20(23)17-10-6-3-7-11-17)26-22-19(25-18)14-16-8-4-2-5-9-16/h2-13,18,20-21H,14H2,1H3/t18?,20-,21+/m0/s1. The van der Waals surface area contributed by atoms with Crippen molar-refractivity contribution in [3.63, 3.8) is 0 Å². The van der Waals surface area contributed by atoms with E-state index < -0.39 is 0 Å². The van der Waals surface area contributed by atoms with Crippen molar-refractivity contribution < 1.29 is 14.4 Å². The van der Waals surface area contributed by atoms with Crippen molar-refractivity contribution in [1.82, 2.24) is 4.90 Å². The molecule has 2 aliphatic heterocycles. The Kier molecular flexibility index (Phi) is 4.44. The summed E-state index contributed by atoms with van der Waals surface area (Å²) in [4.78, 5) is 19.6. The zero-order chi connectivity index (χ0) is 17.9. The number of carbonyl (C=O) groups is 1. The molecule has 26 heavy (non-hydrogen) atoms. The predicted octanol–water partition coefficient (Wildman–Crippen LogP) is 3.44. The van der Waals surface area contributed by atoms with Crippen LogP contribution in [0.1, 0.15) is 24.1 Å². The Hall–Kier alpha value is -3.08. The van der Waals surface area contributed by atoms with Gasteiger partial charge in [0.15, 0.2) is 12.2 Å². The van der Waals surface area contributed by atoms with Crippen molar-refractivity contribution >= 4 is 11.8 Å². The van der Waals surface area contributed by atoms with E-state index in [1.54, 1.807) is 18.0 Å². The van der Waals surface area contributed by atoms with E-state index in [-0.39, 0.29) is 24.2 Å². The molecule has 0 bridgehead atoms. The van der Waals surface area contributed by atoms with Crippen LogP contribution in [0.5, 0.6) is 0 Å². The van der Waals surface area contributed by atoms with Crippen LogP contribution in [0.25, 0.3) is 0 Å². The van der Waals surface area contributed by atoms with Gasteiger partial charge in [-0.1, -0.05) is 65.8 Å². The summed E-state index contributed by atoms with van der Waals surface area (Å²) in [7, 11) is 0. The average Bonchev–Trinajstić information content (AvgIpc) is 2.68. The van der Waals surface area contributed by atoms with Gasteiger partial charge < -0.3 is 14.5 Å². The molecule has 2 aliphatic rings. The van der Waals surface area contributed by atoms with Gasteiger partial charge in [-0.15, -0.1) is 0 Å². The molecule has 2 aromatic carbocycles. The van der Waals surface area contributed by atoms with Crippen molar-refractivity contribution in [2.75, 3.05) is 0 Å². The van der Waals surface area contributed by atoms with Gasteiger partial charge in [-0.3, -0.25) is 4.79 Å². The van der Waals surface area contributed by atoms with Crippen LogP contribution >= 0.6 is 0 Å². The Morgan fingerprint density at radius 1 is 1.08 bits per heavy atom. The van der Waals surface area contributed by atoms with Crippen LogP contribution in [0.15, 0.2) is 78.1 Å². The van der Waals surface area contributed by atoms with Gasteiger partial charge >= 0.3 is 0 Å². The fourth-order valence-electron chi connectivity index (χ4n) is 3.39. The van der Waals surface area contributed by atoms with Gasteiger partial charge in [0.2, 0.25) is 11.8 Å². The second-order valence-electron chi connectivity index (χ2n) is 6.42. The highest BCUT2D eigenvalue weighted by atomic mass is 16.7. The van der Waals surface area contributed by atoms with Gasteiger partial charge in [-0.25, -0.2) is 0 Å². The maximum absolute atomic E-state index is 12.1. The summed E-state index contributed by atoms with van der Waals surface area (Å²) < 4.78 is 6.07. The highest BCUT2D eigenvalue weighted by Gasteiger charge is 2.43. The molecular formula is C21H20N2O3. The van der Waals surface area contributed by atoms with Crippen molar-refractivity contribution in [2.45, 2.75) is 31.6 Å². The summed E-state index contributed by atoms with van der Waals surface area (Å²) >= 11 is 0. The van der Waals surface area contributed by atoms with E-state index in [1.807, 2.05) is 66.7 Å². The van der Waals surface area contributed by atoms with Crippen molar-refractivity contribution in [1.29, 1.82) is 0 Å². The summed E-state index contributed by atoms with van der Waals surface area (Å²) in [5, 5.41) is 4.20. The van der Waals surface area contributed by atoms with Crippen LogP contribution in [0.3, 0.4) is 0 Å². The largest absolute Gasteiger partial charge is 0.467 e. The predicted molar refractivity (Wildman–Crippen MR) is 98.2 cm³/mol. The molecule has 0 saturated carbocycles. The van der Waals surface area contributed by atoms with E-state index in [4.69, 9.17) is 9.57 Å². The second kappa shape index (κ2) is 7.04. The number of fused-ring (bicyclic) bond motifs is 1. The summed E-state index contributed by atoms with van der Waals surface area (Å²) in [6.07, 6.45) is 3.56. The first-order valence-electron chi connectivity index (χ1n) is 8.68. The van der Waals surface area contributed by atoms with Crippen molar-refractivity contribution in [3.05, 3.63) is 84.1 Å². The molecular weight excluding hydrogens is 328 g/mol. The lowest BCUT2D eigenvalue weighted by atomic mass is 9.93. The minimum absolute atomic E-state index is 0.0452. The number of benzene rings is 2. The normalized spacial score (nSPS) is 24.1. The zero-order valence-electron chi connectivity index (χ0n) is 14.5. The Morgan fingerprint density at radius 3 is 2.46 bits per heavy atom. The molecule has 0 fully saturated rings. The average molecular weight is 348 g/mol. The van der Waals surface area contributed by atoms with Crippen LogP contribution < -0.4 is 0 Å². The van der Waals surface area contributed by atoms with Gasteiger partial charge in [0, 0.05) is 13.1 Å². The zero-order valence-corrected chi connectivity index (χ0v) is 14.5. The monoisotopic (exact) mass is 348 g/mol. The molecule has 5 nitrogen and oxygen atoms in total. The molecule has 0 N–H and O–H groups in total. The number of hydrogen-bond acceptors (Lipinski definition) is 4. The molecule has 3 atom stereocenters. The Labute approximate surface area is 152 Å². The van der Waals surface area contributed by atoms with E-state index in [2.05, 4.69) is 5.16 Å². The maximum atomic E-state index is 12.1. The van der Waals surface area contributed by atoms with Crippen LogP contribution in [-0.2, 0) is 20.8 Å². The summed E-state index contributed by atoms with van der Waals surface area (Å²) in [6.45, 7) is 1.55. The third kappa shape index (κ3) is 3.20. The number of nitrogens with zero attached hydrogens (tertiary/aromatic N) is 2. The smallest absolute Gasteiger partial charge is 0.230 e. The van der Waals surface area contributed by atoms with E-state index in [0.717, 1.165) is 11.1 Å². The number of hydrogen-bond donors (Lipinski definition) is 0. The molecule has 2 heterocycles. The fraction of sp³-hybridized carbons (Fsp3) is 0.238. The highest BCUT2D eigenvalue weighted by molar-refractivity contribution is 5.79. The van der Waals surface area contributed by atoms with Crippen LogP contribution in [-0.4, -0.2) is 28.9 Å². The van der Waals surface area contributed by atoms with E-state index in [1.165, 1.54) is 0 Å². The first-order valence-corrected chi connectivity index (χ1v) is 8.68. The lowest BCUT2D eigenvalue weighted by Crippen LogP contribution is -2.49. The highest BCUT2D eigenvalue weighted by Crippen LogP contribution is 2.35. The topological polar surface area (TPSA) is 51.1 Å². The molecule has 5 heteroatoms. The molecule has 0 saturated heterocycles. The third-order valence-electron chi connectivity index (χ3n) is 4.62. The quantitative estimate of drug-likeness (QED) is 0.854. The molecule has 2 aromatic rings. The molecule has 4 rings (SSSR count). The van der Waals surface area contributed by atoms with E-state index in [9.17, 15) is 4.79 Å². The van der Waals surface area contributed by atoms with Gasteiger partial charge in [0.25, 0.3) is 0 Å². The minimum Gasteiger partial charge on any atom is -0.467 e. The minimum atomic E-state index is -0.383. The van der Waals surface area contributed by atoms with Gasteiger partial charge in [0.1, 0.15) is 6.04 Å². The number of carbonyl (C=O) groups excluding carboxylic acids is 1. The molecule has 0 aliphatic carbocycles.